The van der Waals surface area contributed by atoms with Crippen LogP contribution in [0.4, 0.5) is 0 Å². The Labute approximate surface area is 142 Å². The average molecular weight is 327 g/mol. The van der Waals surface area contributed by atoms with Crippen LogP contribution >= 0.6 is 0 Å². The first-order chi connectivity index (χ1) is 11.6. The number of amides is 1. The van der Waals surface area contributed by atoms with Crippen molar-refractivity contribution in [1.82, 2.24) is 14.9 Å². The van der Waals surface area contributed by atoms with Crippen LogP contribution in [-0.4, -0.2) is 28.7 Å². The molecule has 5 heteroatoms. The Balaban J connectivity index is 1.76. The Morgan fingerprint density at radius 3 is 2.88 bits per heavy atom. The van der Waals surface area contributed by atoms with Gasteiger partial charge >= 0.3 is 0 Å². The summed E-state index contributed by atoms with van der Waals surface area (Å²) in [5.41, 5.74) is 2.06. The lowest BCUT2D eigenvalue weighted by molar-refractivity contribution is -0.117. The second-order valence-electron chi connectivity index (χ2n) is 6.64. The molecule has 1 aliphatic heterocycles. The molecular weight excluding hydrogens is 302 g/mol. The van der Waals surface area contributed by atoms with E-state index in [-0.39, 0.29) is 18.0 Å². The highest BCUT2D eigenvalue weighted by molar-refractivity contribution is 5.87. The van der Waals surface area contributed by atoms with Gasteiger partial charge in [0.2, 0.25) is 5.91 Å². The van der Waals surface area contributed by atoms with Gasteiger partial charge in [0.05, 0.1) is 23.7 Å². The molecule has 0 radical (unpaired) electrons. The van der Waals surface area contributed by atoms with E-state index in [1.165, 1.54) is 0 Å². The van der Waals surface area contributed by atoms with Crippen LogP contribution in [-0.2, 0) is 9.53 Å². The molecule has 0 unspecified atom stereocenters. The number of hydrogen-bond acceptors (Lipinski definition) is 3. The minimum absolute atomic E-state index is 0.0863. The molecule has 1 saturated heterocycles. The van der Waals surface area contributed by atoms with E-state index in [0.29, 0.717) is 12.5 Å². The van der Waals surface area contributed by atoms with E-state index in [1.54, 1.807) is 6.08 Å². The van der Waals surface area contributed by atoms with E-state index in [9.17, 15) is 4.79 Å². The Morgan fingerprint density at radius 2 is 2.17 bits per heavy atom. The van der Waals surface area contributed by atoms with E-state index in [1.807, 2.05) is 31.2 Å². The van der Waals surface area contributed by atoms with Crippen LogP contribution in [0.15, 0.2) is 36.4 Å². The third kappa shape index (κ3) is 3.51. The number of hydrogen-bond donors (Lipinski definition) is 1. The van der Waals surface area contributed by atoms with Gasteiger partial charge in [-0.05, 0) is 45.4 Å². The van der Waals surface area contributed by atoms with Crippen LogP contribution < -0.4 is 5.32 Å². The molecule has 24 heavy (non-hydrogen) atoms. The number of imidazole rings is 1. The topological polar surface area (TPSA) is 56.2 Å². The highest BCUT2D eigenvalue weighted by atomic mass is 16.5. The van der Waals surface area contributed by atoms with E-state index < -0.39 is 0 Å². The quantitative estimate of drug-likeness (QED) is 0.857. The van der Waals surface area contributed by atoms with Gasteiger partial charge in [-0.15, -0.1) is 0 Å². The molecule has 2 aromatic rings. The second kappa shape index (κ2) is 7.18. The van der Waals surface area contributed by atoms with Crippen LogP contribution in [0.25, 0.3) is 11.0 Å². The molecule has 2 atom stereocenters. The van der Waals surface area contributed by atoms with Crippen molar-refractivity contribution in [1.29, 1.82) is 0 Å². The molecule has 0 saturated carbocycles. The van der Waals surface area contributed by atoms with Crippen molar-refractivity contribution in [2.45, 2.75) is 39.3 Å². The maximum absolute atomic E-state index is 12.2. The summed E-state index contributed by atoms with van der Waals surface area (Å²) in [6, 6.07) is 8.20. The first kappa shape index (κ1) is 16.7. The molecule has 128 valence electrons. The predicted molar refractivity (Wildman–Crippen MR) is 94.7 cm³/mol. The summed E-state index contributed by atoms with van der Waals surface area (Å²) in [7, 11) is 0. The van der Waals surface area contributed by atoms with Crippen molar-refractivity contribution < 1.29 is 9.53 Å². The highest BCUT2D eigenvalue weighted by Crippen LogP contribution is 2.24. The molecule has 5 nitrogen and oxygen atoms in total. The third-order valence-corrected chi connectivity index (χ3v) is 4.37. The molecule has 1 aromatic heterocycles. The summed E-state index contributed by atoms with van der Waals surface area (Å²) in [5.74, 6) is 1.15. The zero-order valence-electron chi connectivity index (χ0n) is 14.5. The van der Waals surface area contributed by atoms with Crippen molar-refractivity contribution in [2.24, 2.45) is 5.92 Å². The average Bonchev–Trinajstić information content (AvgIpc) is 3.20. The number of nitrogens with one attached hydrogen (secondary N) is 1. The van der Waals surface area contributed by atoms with Gasteiger partial charge in [0, 0.05) is 18.6 Å². The monoisotopic (exact) mass is 327 g/mol. The van der Waals surface area contributed by atoms with E-state index in [0.717, 1.165) is 29.9 Å². The van der Waals surface area contributed by atoms with Gasteiger partial charge in [-0.3, -0.25) is 4.79 Å². The number of benzene rings is 1. The summed E-state index contributed by atoms with van der Waals surface area (Å²) in [6.45, 7) is 7.73. The molecule has 1 amide bonds. The van der Waals surface area contributed by atoms with Crippen molar-refractivity contribution in [3.63, 3.8) is 0 Å². The Hall–Kier alpha value is -2.14. The fourth-order valence-corrected chi connectivity index (χ4v) is 3.17. The minimum Gasteiger partial charge on any atom is -0.381 e. The molecule has 0 aliphatic carbocycles. The summed E-state index contributed by atoms with van der Waals surface area (Å²) >= 11 is 0. The number of carbonyl (C=O) groups excluding carboxylic acids is 1. The summed E-state index contributed by atoms with van der Waals surface area (Å²) in [5, 5.41) is 3.03. The lowest BCUT2D eigenvalue weighted by atomic mass is 10.1. The van der Waals surface area contributed by atoms with Crippen LogP contribution in [0, 0.1) is 5.92 Å². The predicted octanol–water partition coefficient (Wildman–Crippen LogP) is 3.39. The SMILES string of the molecule is CC(C)n1c([C@@H](C)NC(=O)/C=C/[C@@H]2CCOC2)nc2ccccc21. The van der Waals surface area contributed by atoms with Gasteiger partial charge in [0.15, 0.2) is 0 Å². The van der Waals surface area contributed by atoms with Crippen molar-refractivity contribution in [3.05, 3.63) is 42.2 Å². The van der Waals surface area contributed by atoms with E-state index in [2.05, 4.69) is 29.8 Å². The lowest BCUT2D eigenvalue weighted by Gasteiger charge is -2.18. The molecule has 0 spiro atoms. The number of aromatic nitrogens is 2. The fraction of sp³-hybridized carbons (Fsp3) is 0.474. The Kier molecular flexibility index (Phi) is 5.00. The zero-order chi connectivity index (χ0) is 17.1. The minimum atomic E-state index is -0.156. The lowest BCUT2D eigenvalue weighted by Crippen LogP contribution is -2.27. The standard InChI is InChI=1S/C19H25N3O2/c1-13(2)22-17-7-5-4-6-16(17)21-19(22)14(3)20-18(23)9-8-15-10-11-24-12-15/h4-9,13-15H,10-12H2,1-3H3,(H,20,23)/b9-8+/t14-,15-/m1/s1. The van der Waals surface area contributed by atoms with Gasteiger partial charge in [-0.2, -0.15) is 0 Å². The number of para-hydroxylation sites is 2. The number of fused-ring (bicyclic) bond motifs is 1. The van der Waals surface area contributed by atoms with Crippen molar-refractivity contribution >= 4 is 16.9 Å². The maximum Gasteiger partial charge on any atom is 0.244 e. The normalized spacial score (nSPS) is 19.4. The van der Waals surface area contributed by atoms with Gasteiger partial charge < -0.3 is 14.6 Å². The number of ether oxygens (including phenoxy) is 1. The zero-order valence-corrected chi connectivity index (χ0v) is 14.5. The van der Waals surface area contributed by atoms with Gasteiger partial charge in [-0.25, -0.2) is 4.98 Å². The Morgan fingerprint density at radius 1 is 1.38 bits per heavy atom. The summed E-state index contributed by atoms with van der Waals surface area (Å²) < 4.78 is 7.51. The summed E-state index contributed by atoms with van der Waals surface area (Å²) in [4.78, 5) is 16.9. The van der Waals surface area contributed by atoms with Crippen LogP contribution in [0.3, 0.4) is 0 Å². The molecule has 0 bridgehead atoms. The molecule has 1 aromatic carbocycles. The summed E-state index contributed by atoms with van der Waals surface area (Å²) in [6.07, 6.45) is 4.56. The van der Waals surface area contributed by atoms with Crippen LogP contribution in [0.1, 0.15) is 45.1 Å². The molecule has 3 rings (SSSR count). The molecule has 1 aliphatic rings. The largest absolute Gasteiger partial charge is 0.381 e. The number of carbonyl (C=O) groups is 1. The number of nitrogens with zero attached hydrogens (tertiary/aromatic N) is 2. The van der Waals surface area contributed by atoms with Gasteiger partial charge in [0.1, 0.15) is 5.82 Å². The maximum atomic E-state index is 12.2. The van der Waals surface area contributed by atoms with E-state index in [4.69, 9.17) is 9.72 Å². The third-order valence-electron chi connectivity index (χ3n) is 4.37. The highest BCUT2D eigenvalue weighted by Gasteiger charge is 2.19. The first-order valence-electron chi connectivity index (χ1n) is 8.59. The van der Waals surface area contributed by atoms with Crippen molar-refractivity contribution in [3.8, 4) is 0 Å². The molecule has 1 fully saturated rings. The fourth-order valence-electron chi connectivity index (χ4n) is 3.17. The van der Waals surface area contributed by atoms with E-state index >= 15 is 0 Å². The molecule has 2 heterocycles. The first-order valence-corrected chi connectivity index (χ1v) is 8.59. The van der Waals surface area contributed by atoms with Crippen LogP contribution in [0.5, 0.6) is 0 Å². The van der Waals surface area contributed by atoms with Crippen LogP contribution in [0.2, 0.25) is 0 Å². The Bertz CT molecular complexity index is 742. The number of rotatable bonds is 5. The molecule has 1 N–H and O–H groups in total. The van der Waals surface area contributed by atoms with Crippen molar-refractivity contribution in [2.75, 3.05) is 13.2 Å². The van der Waals surface area contributed by atoms with Gasteiger partial charge in [-0.1, -0.05) is 18.2 Å². The second-order valence-corrected chi connectivity index (χ2v) is 6.64. The smallest absolute Gasteiger partial charge is 0.244 e. The van der Waals surface area contributed by atoms with Gasteiger partial charge in [0.25, 0.3) is 0 Å². The molecular formula is C19H25N3O2.